The number of carbonyl (C=O) groups excluding carboxylic acids is 1. The third kappa shape index (κ3) is 1.93. The second-order valence-corrected chi connectivity index (χ2v) is 4.00. The van der Waals surface area contributed by atoms with Crippen molar-refractivity contribution in [1.82, 2.24) is 0 Å². The molecule has 0 spiro atoms. The van der Waals surface area contributed by atoms with Crippen LogP contribution in [0.15, 0.2) is 0 Å². The van der Waals surface area contributed by atoms with E-state index in [0.29, 0.717) is 0 Å². The summed E-state index contributed by atoms with van der Waals surface area (Å²) < 4.78 is 20.9. The van der Waals surface area contributed by atoms with Gasteiger partial charge in [-0.25, -0.2) is 4.79 Å². The molecule has 94 valence electrons. The predicted molar refractivity (Wildman–Crippen MR) is 53.5 cm³/mol. The highest BCUT2D eigenvalue weighted by Crippen LogP contribution is 2.37. The quantitative estimate of drug-likeness (QED) is 0.695. The molecule has 0 aromatic heterocycles. The lowest BCUT2D eigenvalue weighted by Crippen LogP contribution is -2.65. The standard InChI is InChI=1S/C10H18O6/c1-6(11)7-8(12)16-10(3,14-5)9(2,13-4)15-7/h6-7,11H,1-5H3/t6-,7-,9+,10+/m1/s1. The van der Waals surface area contributed by atoms with Crippen molar-refractivity contribution in [1.29, 1.82) is 0 Å². The van der Waals surface area contributed by atoms with Crippen LogP contribution in [0.25, 0.3) is 0 Å². The number of hydrogen-bond donors (Lipinski definition) is 1. The Labute approximate surface area is 94.4 Å². The van der Waals surface area contributed by atoms with Crippen molar-refractivity contribution in [2.75, 3.05) is 14.2 Å². The van der Waals surface area contributed by atoms with Gasteiger partial charge in [-0.15, -0.1) is 0 Å². The molecule has 6 nitrogen and oxygen atoms in total. The van der Waals surface area contributed by atoms with Gasteiger partial charge < -0.3 is 24.1 Å². The molecule has 1 aliphatic rings. The molecule has 1 aliphatic heterocycles. The van der Waals surface area contributed by atoms with E-state index >= 15 is 0 Å². The summed E-state index contributed by atoms with van der Waals surface area (Å²) >= 11 is 0. The Morgan fingerprint density at radius 1 is 1.31 bits per heavy atom. The van der Waals surface area contributed by atoms with Crippen LogP contribution < -0.4 is 0 Å². The van der Waals surface area contributed by atoms with Crippen LogP contribution in [-0.4, -0.2) is 49.1 Å². The number of carbonyl (C=O) groups is 1. The van der Waals surface area contributed by atoms with Crippen LogP contribution in [0.2, 0.25) is 0 Å². The fourth-order valence-corrected chi connectivity index (χ4v) is 1.50. The summed E-state index contributed by atoms with van der Waals surface area (Å²) in [6, 6.07) is 0. The Bertz CT molecular complexity index is 278. The minimum Gasteiger partial charge on any atom is -0.425 e. The van der Waals surface area contributed by atoms with Gasteiger partial charge in [-0.05, 0) is 13.8 Å². The molecule has 6 heteroatoms. The lowest BCUT2D eigenvalue weighted by atomic mass is 10.1. The van der Waals surface area contributed by atoms with E-state index in [0.717, 1.165) is 0 Å². The number of cyclic esters (lactones) is 1. The minimum absolute atomic E-state index is 0.672. The first-order valence-corrected chi connectivity index (χ1v) is 4.98. The van der Waals surface area contributed by atoms with Crippen molar-refractivity contribution in [3.63, 3.8) is 0 Å². The van der Waals surface area contributed by atoms with E-state index in [1.54, 1.807) is 6.92 Å². The summed E-state index contributed by atoms with van der Waals surface area (Å²) in [5.74, 6) is -3.28. The smallest absolute Gasteiger partial charge is 0.340 e. The molecule has 1 rings (SSSR count). The normalized spacial score (nSPS) is 41.6. The molecule has 0 aromatic carbocycles. The Kier molecular flexibility index (Phi) is 3.59. The Morgan fingerprint density at radius 2 is 1.81 bits per heavy atom. The molecule has 0 amide bonds. The predicted octanol–water partition coefficient (Wildman–Crippen LogP) is 0.0344. The number of esters is 1. The van der Waals surface area contributed by atoms with Gasteiger partial charge in [-0.3, -0.25) is 0 Å². The highest BCUT2D eigenvalue weighted by atomic mass is 16.8. The lowest BCUT2D eigenvalue weighted by Gasteiger charge is -2.48. The van der Waals surface area contributed by atoms with E-state index in [-0.39, 0.29) is 0 Å². The summed E-state index contributed by atoms with van der Waals surface area (Å²) in [5, 5.41) is 9.40. The molecule has 1 fully saturated rings. The topological polar surface area (TPSA) is 74.2 Å². The molecule has 1 N–H and O–H groups in total. The molecule has 0 bridgehead atoms. The Balaban J connectivity index is 3.01. The van der Waals surface area contributed by atoms with Crippen LogP contribution in [0.4, 0.5) is 0 Å². The Morgan fingerprint density at radius 3 is 2.19 bits per heavy atom. The largest absolute Gasteiger partial charge is 0.425 e. The van der Waals surface area contributed by atoms with Crippen molar-refractivity contribution in [3.05, 3.63) is 0 Å². The Hall–Kier alpha value is -0.690. The number of hydrogen-bond acceptors (Lipinski definition) is 6. The third-order valence-electron chi connectivity index (χ3n) is 2.92. The van der Waals surface area contributed by atoms with Gasteiger partial charge in [0.2, 0.25) is 5.79 Å². The van der Waals surface area contributed by atoms with Gasteiger partial charge in [0.05, 0.1) is 6.10 Å². The van der Waals surface area contributed by atoms with Gasteiger partial charge in [0.1, 0.15) is 0 Å². The lowest BCUT2D eigenvalue weighted by molar-refractivity contribution is -0.410. The van der Waals surface area contributed by atoms with Crippen LogP contribution in [0.3, 0.4) is 0 Å². The maximum Gasteiger partial charge on any atom is 0.340 e. The highest BCUT2D eigenvalue weighted by Gasteiger charge is 2.58. The zero-order chi connectivity index (χ0) is 12.6. The molecule has 0 radical (unpaired) electrons. The first-order valence-electron chi connectivity index (χ1n) is 4.98. The van der Waals surface area contributed by atoms with Crippen molar-refractivity contribution in [2.45, 2.75) is 44.6 Å². The summed E-state index contributed by atoms with van der Waals surface area (Å²) in [6.07, 6.45) is -2.06. The van der Waals surface area contributed by atoms with Crippen LogP contribution in [0, 0.1) is 0 Å². The highest BCUT2D eigenvalue weighted by molar-refractivity contribution is 5.76. The van der Waals surface area contributed by atoms with Crippen molar-refractivity contribution in [3.8, 4) is 0 Å². The average molecular weight is 234 g/mol. The van der Waals surface area contributed by atoms with E-state index in [2.05, 4.69) is 0 Å². The molecule has 0 saturated carbocycles. The van der Waals surface area contributed by atoms with Gasteiger partial charge in [0.15, 0.2) is 6.10 Å². The molecule has 1 heterocycles. The number of ether oxygens (including phenoxy) is 4. The minimum atomic E-state index is -1.34. The molecule has 16 heavy (non-hydrogen) atoms. The fourth-order valence-electron chi connectivity index (χ4n) is 1.50. The van der Waals surface area contributed by atoms with Gasteiger partial charge in [0, 0.05) is 21.1 Å². The van der Waals surface area contributed by atoms with Crippen LogP contribution in [0.5, 0.6) is 0 Å². The summed E-state index contributed by atoms with van der Waals surface area (Å²) in [5.41, 5.74) is 0. The number of methoxy groups -OCH3 is 2. The first-order chi connectivity index (χ1) is 7.29. The van der Waals surface area contributed by atoms with E-state index < -0.39 is 29.8 Å². The molecule has 0 unspecified atom stereocenters. The number of aliphatic hydroxyl groups excluding tert-OH is 1. The zero-order valence-electron chi connectivity index (χ0n) is 10.1. The maximum atomic E-state index is 11.6. The fraction of sp³-hybridized carbons (Fsp3) is 0.900. The second kappa shape index (κ2) is 4.29. The third-order valence-corrected chi connectivity index (χ3v) is 2.92. The molecule has 0 aromatic rings. The van der Waals surface area contributed by atoms with Gasteiger partial charge in [-0.1, -0.05) is 0 Å². The maximum absolute atomic E-state index is 11.6. The summed E-state index contributed by atoms with van der Waals surface area (Å²) in [7, 11) is 2.80. The second-order valence-electron chi connectivity index (χ2n) is 4.00. The average Bonchev–Trinajstić information content (AvgIpc) is 2.23. The van der Waals surface area contributed by atoms with E-state index in [1.807, 2.05) is 0 Å². The van der Waals surface area contributed by atoms with E-state index in [9.17, 15) is 9.90 Å². The van der Waals surface area contributed by atoms with Gasteiger partial charge in [-0.2, -0.15) is 0 Å². The zero-order valence-corrected chi connectivity index (χ0v) is 10.1. The van der Waals surface area contributed by atoms with Gasteiger partial charge in [0.25, 0.3) is 5.79 Å². The van der Waals surface area contributed by atoms with Crippen LogP contribution >= 0.6 is 0 Å². The van der Waals surface area contributed by atoms with Crippen LogP contribution in [0.1, 0.15) is 20.8 Å². The number of rotatable bonds is 3. The van der Waals surface area contributed by atoms with Crippen molar-refractivity contribution >= 4 is 5.97 Å². The van der Waals surface area contributed by atoms with E-state index in [4.69, 9.17) is 18.9 Å². The van der Waals surface area contributed by atoms with Crippen molar-refractivity contribution in [2.24, 2.45) is 0 Å². The van der Waals surface area contributed by atoms with Crippen molar-refractivity contribution < 1.29 is 28.8 Å². The molecule has 1 saturated heterocycles. The monoisotopic (exact) mass is 234 g/mol. The molecular weight excluding hydrogens is 216 g/mol. The molecule has 4 atom stereocenters. The summed E-state index contributed by atoms with van der Waals surface area (Å²) in [6.45, 7) is 4.56. The van der Waals surface area contributed by atoms with Gasteiger partial charge >= 0.3 is 5.97 Å². The molecule has 0 aliphatic carbocycles. The van der Waals surface area contributed by atoms with Crippen LogP contribution in [-0.2, 0) is 23.7 Å². The first kappa shape index (κ1) is 13.4. The molecular formula is C10H18O6. The summed E-state index contributed by atoms with van der Waals surface area (Å²) in [4.78, 5) is 11.6. The SMILES string of the molecule is CO[C@@]1(C)OC(=O)[C@@H]([C@@H](C)O)O[C@]1(C)OC. The number of aliphatic hydroxyl groups is 1. The van der Waals surface area contributed by atoms with E-state index in [1.165, 1.54) is 28.1 Å².